The molecule has 0 amide bonds. The van der Waals surface area contributed by atoms with Gasteiger partial charge in [0.15, 0.2) is 6.26 Å². The zero-order valence-corrected chi connectivity index (χ0v) is 7.99. The zero-order chi connectivity index (χ0) is 9.36. The van der Waals surface area contributed by atoms with Gasteiger partial charge in [0, 0.05) is 0 Å². The summed E-state index contributed by atoms with van der Waals surface area (Å²) in [6, 6.07) is 10.0. The summed E-state index contributed by atoms with van der Waals surface area (Å²) in [5, 5.41) is 0. The highest BCUT2D eigenvalue weighted by atomic mass is 16.5. The van der Waals surface area contributed by atoms with Crippen LogP contribution in [0.5, 0.6) is 0 Å². The van der Waals surface area contributed by atoms with Crippen LogP contribution < -0.4 is 0 Å². The topological polar surface area (TPSA) is 9.23 Å². The third kappa shape index (κ3) is 4.36. The van der Waals surface area contributed by atoms with Crippen LogP contribution in [-0.2, 0) is 4.74 Å². The molecule has 1 radical (unpaired) electrons. The molecule has 0 fully saturated rings. The van der Waals surface area contributed by atoms with Crippen molar-refractivity contribution in [3.63, 3.8) is 0 Å². The fraction of sp³-hybridized carbons (Fsp3) is 0.333. The van der Waals surface area contributed by atoms with Crippen molar-refractivity contribution in [1.29, 1.82) is 0 Å². The first kappa shape index (κ1) is 9.85. The predicted octanol–water partition coefficient (Wildman–Crippen LogP) is 3.28. The van der Waals surface area contributed by atoms with Gasteiger partial charge < -0.3 is 4.74 Å². The normalized spacial score (nSPS) is 10.5. The molecule has 0 heterocycles. The van der Waals surface area contributed by atoms with E-state index in [1.54, 1.807) is 0 Å². The summed E-state index contributed by atoms with van der Waals surface area (Å²) < 4.78 is 5.17. The predicted molar refractivity (Wildman–Crippen MR) is 55.0 cm³/mol. The lowest BCUT2D eigenvalue weighted by Crippen LogP contribution is -1.85. The van der Waals surface area contributed by atoms with E-state index in [1.807, 2.05) is 36.4 Å². The summed E-state index contributed by atoms with van der Waals surface area (Å²) in [5.74, 6) is 0. The van der Waals surface area contributed by atoms with Crippen LogP contribution in [0.4, 0.5) is 0 Å². The van der Waals surface area contributed by atoms with Crippen LogP contribution >= 0.6 is 0 Å². The Morgan fingerprint density at radius 3 is 2.77 bits per heavy atom. The van der Waals surface area contributed by atoms with Crippen LogP contribution in [0.3, 0.4) is 0 Å². The Morgan fingerprint density at radius 1 is 1.31 bits per heavy atom. The molecule has 69 valence electrons. The van der Waals surface area contributed by atoms with Crippen LogP contribution in [0.15, 0.2) is 30.3 Å². The summed E-state index contributed by atoms with van der Waals surface area (Å²) >= 11 is 0. The third-order valence-corrected chi connectivity index (χ3v) is 1.71. The van der Waals surface area contributed by atoms with Crippen molar-refractivity contribution in [2.45, 2.75) is 19.8 Å². The van der Waals surface area contributed by atoms with E-state index in [1.165, 1.54) is 0 Å². The summed E-state index contributed by atoms with van der Waals surface area (Å²) in [5.41, 5.74) is 1.12. The molecule has 0 saturated carbocycles. The molecule has 0 aliphatic carbocycles. The molecule has 0 spiro atoms. The van der Waals surface area contributed by atoms with Crippen molar-refractivity contribution >= 4 is 6.08 Å². The van der Waals surface area contributed by atoms with E-state index >= 15 is 0 Å². The molecule has 1 heteroatoms. The van der Waals surface area contributed by atoms with E-state index in [0.717, 1.165) is 25.0 Å². The average molecular weight is 175 g/mol. The maximum Gasteiger partial charge on any atom is 0.161 e. The monoisotopic (exact) mass is 175 g/mol. The Bertz CT molecular complexity index is 239. The first-order chi connectivity index (χ1) is 6.43. The molecule has 1 aromatic carbocycles. The van der Waals surface area contributed by atoms with Crippen molar-refractivity contribution in [1.82, 2.24) is 0 Å². The molecular formula is C12H15O. The molecule has 13 heavy (non-hydrogen) atoms. The molecule has 0 atom stereocenters. The quantitative estimate of drug-likeness (QED) is 0.493. The maximum absolute atomic E-state index is 5.17. The molecule has 1 rings (SSSR count). The van der Waals surface area contributed by atoms with Crippen LogP contribution in [-0.4, -0.2) is 6.61 Å². The van der Waals surface area contributed by atoms with Gasteiger partial charge in [0.2, 0.25) is 0 Å². The number of ether oxygens (including phenoxy) is 1. The van der Waals surface area contributed by atoms with Gasteiger partial charge in [-0.05, 0) is 18.1 Å². The van der Waals surface area contributed by atoms with Gasteiger partial charge in [0.1, 0.15) is 0 Å². The van der Waals surface area contributed by atoms with Gasteiger partial charge in [-0.2, -0.15) is 0 Å². The molecule has 0 aliphatic rings. The van der Waals surface area contributed by atoms with Crippen LogP contribution in [0.1, 0.15) is 25.3 Å². The fourth-order valence-corrected chi connectivity index (χ4v) is 0.934. The molecule has 0 aliphatic heterocycles. The first-order valence-corrected chi connectivity index (χ1v) is 4.69. The van der Waals surface area contributed by atoms with E-state index in [0.29, 0.717) is 0 Å². The Balaban J connectivity index is 2.25. The lowest BCUT2D eigenvalue weighted by Gasteiger charge is -1.95. The van der Waals surface area contributed by atoms with E-state index in [9.17, 15) is 0 Å². The Morgan fingerprint density at radius 2 is 2.08 bits per heavy atom. The maximum atomic E-state index is 5.17. The largest absolute Gasteiger partial charge is 0.490 e. The van der Waals surface area contributed by atoms with Crippen molar-refractivity contribution in [2.75, 3.05) is 6.61 Å². The zero-order valence-electron chi connectivity index (χ0n) is 7.99. The van der Waals surface area contributed by atoms with E-state index in [4.69, 9.17) is 4.74 Å². The summed E-state index contributed by atoms with van der Waals surface area (Å²) in [6.07, 6.45) is 6.92. The molecule has 0 saturated heterocycles. The van der Waals surface area contributed by atoms with Crippen LogP contribution in [0.25, 0.3) is 6.08 Å². The number of rotatable bonds is 5. The Kier molecular flexibility index (Phi) is 4.77. The number of benzene rings is 1. The lowest BCUT2D eigenvalue weighted by molar-refractivity contribution is 0.226. The lowest BCUT2D eigenvalue weighted by atomic mass is 10.2. The minimum atomic E-state index is 0.764. The van der Waals surface area contributed by atoms with Crippen molar-refractivity contribution in [3.05, 3.63) is 42.2 Å². The summed E-state index contributed by atoms with van der Waals surface area (Å²) in [6.45, 7) is 2.91. The highest BCUT2D eigenvalue weighted by molar-refractivity contribution is 5.45. The van der Waals surface area contributed by atoms with E-state index in [-0.39, 0.29) is 0 Å². The number of hydrogen-bond acceptors (Lipinski definition) is 1. The highest BCUT2D eigenvalue weighted by Crippen LogP contribution is 2.00. The van der Waals surface area contributed by atoms with Gasteiger partial charge in [-0.1, -0.05) is 43.7 Å². The van der Waals surface area contributed by atoms with Crippen molar-refractivity contribution in [3.8, 4) is 0 Å². The van der Waals surface area contributed by atoms with Crippen LogP contribution in [0, 0.1) is 6.26 Å². The second kappa shape index (κ2) is 6.30. The Hall–Kier alpha value is -1.24. The smallest absolute Gasteiger partial charge is 0.161 e. The summed E-state index contributed by atoms with van der Waals surface area (Å²) in [7, 11) is 0. The van der Waals surface area contributed by atoms with Gasteiger partial charge >= 0.3 is 0 Å². The first-order valence-electron chi connectivity index (χ1n) is 4.69. The minimum Gasteiger partial charge on any atom is -0.490 e. The molecule has 0 unspecified atom stereocenters. The molecule has 0 N–H and O–H groups in total. The SMILES string of the molecule is CCCCO/[C]=C/c1ccccc1. The van der Waals surface area contributed by atoms with Gasteiger partial charge in [0.05, 0.1) is 6.61 Å². The second-order valence-electron chi connectivity index (χ2n) is 2.87. The van der Waals surface area contributed by atoms with Gasteiger partial charge in [-0.3, -0.25) is 0 Å². The molecule has 1 nitrogen and oxygen atoms in total. The summed E-state index contributed by atoms with van der Waals surface area (Å²) in [4.78, 5) is 0. The van der Waals surface area contributed by atoms with Crippen molar-refractivity contribution < 1.29 is 4.74 Å². The molecular weight excluding hydrogens is 160 g/mol. The standard InChI is InChI=1S/C12H15O/c1-2-3-10-13-11-9-12-7-5-4-6-8-12/h4-9H,2-3,10H2,1H3. The molecule has 1 aromatic rings. The highest BCUT2D eigenvalue weighted by Gasteiger charge is 1.84. The van der Waals surface area contributed by atoms with Crippen molar-refractivity contribution in [2.24, 2.45) is 0 Å². The molecule has 0 bridgehead atoms. The number of unbranched alkanes of at least 4 members (excludes halogenated alkanes) is 1. The Labute approximate surface area is 80.0 Å². The second-order valence-corrected chi connectivity index (χ2v) is 2.87. The molecule has 0 aromatic heterocycles. The van der Waals surface area contributed by atoms with E-state index < -0.39 is 0 Å². The average Bonchev–Trinajstić information content (AvgIpc) is 2.19. The number of hydrogen-bond donors (Lipinski definition) is 0. The van der Waals surface area contributed by atoms with Crippen LogP contribution in [0.2, 0.25) is 0 Å². The van der Waals surface area contributed by atoms with E-state index in [2.05, 4.69) is 13.2 Å². The minimum absolute atomic E-state index is 0.764. The van der Waals surface area contributed by atoms with Gasteiger partial charge in [0.25, 0.3) is 0 Å². The van der Waals surface area contributed by atoms with Gasteiger partial charge in [-0.25, -0.2) is 0 Å². The fourth-order valence-electron chi connectivity index (χ4n) is 0.934. The third-order valence-electron chi connectivity index (χ3n) is 1.71. The van der Waals surface area contributed by atoms with Gasteiger partial charge in [-0.15, -0.1) is 0 Å².